The molecule has 0 bridgehead atoms. The first-order valence-corrected chi connectivity index (χ1v) is 17.9. The van der Waals surface area contributed by atoms with Gasteiger partial charge < -0.3 is 13.1 Å². The molecule has 0 saturated heterocycles. The third-order valence-electron chi connectivity index (χ3n) is 3.01. The van der Waals surface area contributed by atoms with Crippen molar-refractivity contribution in [3.8, 4) is 0 Å². The van der Waals surface area contributed by atoms with Gasteiger partial charge in [-0.05, 0) is 10.8 Å². The van der Waals surface area contributed by atoms with E-state index in [1.165, 1.54) is 11.1 Å². The Labute approximate surface area is 206 Å². The van der Waals surface area contributed by atoms with E-state index in [0.717, 1.165) is 12.8 Å². The van der Waals surface area contributed by atoms with Crippen molar-refractivity contribution in [2.24, 2.45) is 10.8 Å². The molecule has 0 amide bonds. The predicted octanol–water partition coefficient (Wildman–Crippen LogP) is 8.84. The molecular formula is C26H48Si2Zr. The molecule has 2 aliphatic rings. The molecule has 0 nitrogen and oxygen atoms in total. The van der Waals surface area contributed by atoms with E-state index in [1.807, 2.05) is 0 Å². The minimum absolute atomic E-state index is 0. The first kappa shape index (κ1) is 33.9. The van der Waals surface area contributed by atoms with Gasteiger partial charge >= 0.3 is 26.2 Å². The summed E-state index contributed by atoms with van der Waals surface area (Å²) in [5.41, 5.74) is 3.30. The minimum atomic E-state index is -0.861. The summed E-state index contributed by atoms with van der Waals surface area (Å²) >= 11 is 0. The normalized spacial score (nSPS) is 15.5. The van der Waals surface area contributed by atoms with E-state index in [0.29, 0.717) is 10.8 Å². The van der Waals surface area contributed by atoms with Crippen molar-refractivity contribution in [3.63, 3.8) is 0 Å². The van der Waals surface area contributed by atoms with Crippen LogP contribution in [0.3, 0.4) is 0 Å². The average molecular weight is 508 g/mol. The summed E-state index contributed by atoms with van der Waals surface area (Å²) in [5.74, 6) is 0. The van der Waals surface area contributed by atoms with Gasteiger partial charge in [0.1, 0.15) is 0 Å². The van der Waals surface area contributed by atoms with Crippen LogP contribution in [0, 0.1) is 36.1 Å². The van der Waals surface area contributed by atoms with Crippen LogP contribution >= 0.6 is 0 Å². The summed E-state index contributed by atoms with van der Waals surface area (Å²) < 4.78 is 0. The Hall–Kier alpha value is 0.277. The van der Waals surface area contributed by atoms with Gasteiger partial charge in [0.25, 0.3) is 0 Å². The monoisotopic (exact) mass is 506 g/mol. The number of hydrogen-bond acceptors (Lipinski definition) is 0. The molecule has 0 aromatic carbocycles. The molecule has 0 N–H and O–H groups in total. The molecule has 0 aliphatic heterocycles. The fourth-order valence-electron chi connectivity index (χ4n) is 1.84. The molecule has 0 saturated carbocycles. The third-order valence-corrected chi connectivity index (χ3v) is 3.01. The maximum absolute atomic E-state index is 3.91. The summed E-state index contributed by atoms with van der Waals surface area (Å²) in [4.78, 5) is 0. The number of rotatable bonds is 0. The zero-order valence-electron chi connectivity index (χ0n) is 21.6. The summed E-state index contributed by atoms with van der Waals surface area (Å²) in [6, 6.07) is 0. The molecule has 0 atom stereocenters. The summed E-state index contributed by atoms with van der Waals surface area (Å²) in [6.07, 6.45) is 17.3. The summed E-state index contributed by atoms with van der Waals surface area (Å²) in [6.45, 7) is 34.4. The van der Waals surface area contributed by atoms with E-state index in [9.17, 15) is 0 Å². The fraction of sp³-hybridized carbons (Fsp3) is 0.615. The summed E-state index contributed by atoms with van der Waals surface area (Å²) in [5, 5.41) is 0. The average Bonchev–Trinajstić information content (AvgIpc) is 3.08. The van der Waals surface area contributed by atoms with Gasteiger partial charge in [0.05, 0.1) is 0 Å². The van der Waals surface area contributed by atoms with Crippen LogP contribution in [0.25, 0.3) is 0 Å². The quantitative estimate of drug-likeness (QED) is 0.227. The molecular weight excluding hydrogens is 460 g/mol. The third kappa shape index (κ3) is 28.3. The first-order chi connectivity index (χ1) is 12.2. The Bertz CT molecular complexity index is 487. The summed E-state index contributed by atoms with van der Waals surface area (Å²) in [7, 11) is -1.72. The van der Waals surface area contributed by atoms with Gasteiger partial charge in [0, 0.05) is 0 Å². The van der Waals surface area contributed by atoms with Gasteiger partial charge in [-0.2, -0.15) is 12.2 Å². The molecule has 0 heterocycles. The number of hydrogen-bond donors (Lipinski definition) is 0. The first-order valence-electron chi connectivity index (χ1n) is 10.5. The zero-order valence-corrected chi connectivity index (χ0v) is 26.1. The molecule has 0 aromatic rings. The SMILES string of the molecule is CC(C)(C)C1=[C-]CC=C1.CC(C)(C)C1=[C-]CC=C1.[CH2-][Si](C)(C)C.[CH2-][Si](C)(C)C.[Zr+4]. The van der Waals surface area contributed by atoms with Crippen molar-refractivity contribution >= 4 is 16.1 Å². The maximum Gasteiger partial charge on any atom is 4.00 e. The van der Waals surface area contributed by atoms with Crippen molar-refractivity contribution in [2.45, 2.75) is 93.7 Å². The van der Waals surface area contributed by atoms with Crippen molar-refractivity contribution < 1.29 is 26.2 Å². The van der Waals surface area contributed by atoms with Crippen LogP contribution in [0.4, 0.5) is 0 Å². The molecule has 0 aromatic heterocycles. The van der Waals surface area contributed by atoms with Gasteiger partial charge in [-0.15, -0.1) is 29.0 Å². The second kappa shape index (κ2) is 14.4. The molecule has 2 rings (SSSR count). The van der Waals surface area contributed by atoms with E-state index in [1.54, 1.807) is 0 Å². The van der Waals surface area contributed by atoms with Crippen LogP contribution in [0.5, 0.6) is 0 Å². The van der Waals surface area contributed by atoms with Crippen LogP contribution in [0.15, 0.2) is 35.5 Å². The van der Waals surface area contributed by atoms with Crippen molar-refractivity contribution in [1.29, 1.82) is 0 Å². The van der Waals surface area contributed by atoms with E-state index in [2.05, 4.69) is 130 Å². The van der Waals surface area contributed by atoms with Crippen LogP contribution in [-0.4, -0.2) is 16.1 Å². The Kier molecular flexibility index (Phi) is 16.8. The van der Waals surface area contributed by atoms with Crippen molar-refractivity contribution in [2.75, 3.05) is 0 Å². The molecule has 164 valence electrons. The van der Waals surface area contributed by atoms with Gasteiger partial charge in [0.15, 0.2) is 0 Å². The Morgan fingerprint density at radius 1 is 0.655 bits per heavy atom. The van der Waals surface area contributed by atoms with Gasteiger partial charge in [-0.1, -0.05) is 80.8 Å². The van der Waals surface area contributed by atoms with E-state index < -0.39 is 16.1 Å². The molecule has 0 unspecified atom stereocenters. The van der Waals surface area contributed by atoms with Crippen LogP contribution < -0.4 is 0 Å². The predicted molar refractivity (Wildman–Crippen MR) is 137 cm³/mol. The fourth-order valence-corrected chi connectivity index (χ4v) is 1.84. The molecule has 0 fully saturated rings. The minimum Gasteiger partial charge on any atom is -0.342 e. The second-order valence-corrected chi connectivity index (χ2v) is 22.3. The van der Waals surface area contributed by atoms with Crippen LogP contribution in [0.2, 0.25) is 39.3 Å². The van der Waals surface area contributed by atoms with Crippen LogP contribution in [0.1, 0.15) is 54.4 Å². The van der Waals surface area contributed by atoms with E-state index in [4.69, 9.17) is 0 Å². The molecule has 29 heavy (non-hydrogen) atoms. The van der Waals surface area contributed by atoms with Crippen molar-refractivity contribution in [3.05, 3.63) is 60.7 Å². The molecule has 0 spiro atoms. The van der Waals surface area contributed by atoms with Gasteiger partial charge in [-0.3, -0.25) is 12.2 Å². The zero-order chi connectivity index (χ0) is 22.8. The van der Waals surface area contributed by atoms with Crippen LogP contribution in [-0.2, 0) is 26.2 Å². The molecule has 0 radical (unpaired) electrons. The molecule has 2 aliphatic carbocycles. The second-order valence-electron chi connectivity index (χ2n) is 12.0. The van der Waals surface area contributed by atoms with E-state index in [-0.39, 0.29) is 26.2 Å². The Morgan fingerprint density at radius 2 is 0.862 bits per heavy atom. The van der Waals surface area contributed by atoms with Gasteiger partial charge in [0.2, 0.25) is 0 Å². The van der Waals surface area contributed by atoms with E-state index >= 15 is 0 Å². The van der Waals surface area contributed by atoms with Crippen molar-refractivity contribution in [1.82, 2.24) is 0 Å². The maximum atomic E-state index is 3.91. The Morgan fingerprint density at radius 3 is 0.931 bits per heavy atom. The largest absolute Gasteiger partial charge is 4.00 e. The smallest absolute Gasteiger partial charge is 0.342 e. The standard InChI is InChI=1S/2C9H13.2C4H11Si.Zr/c2*1-9(2,3)8-6-4-5-7-8;2*1-5(2,3)4;/h2*4,6H,5H2,1-3H3;2*1H2,2-4H3;/q4*-1;+4. The number of allylic oxidation sites excluding steroid dienone is 8. The Balaban J connectivity index is -0.000000321. The van der Waals surface area contributed by atoms with Gasteiger partial charge in [-0.25, -0.2) is 23.3 Å². The molecule has 3 heteroatoms. The topological polar surface area (TPSA) is 0 Å².